The van der Waals surface area contributed by atoms with Crippen LogP contribution in [0, 0.1) is 15.2 Å². The minimum Gasteiger partial charge on any atom is -0.271 e. The lowest BCUT2D eigenvalue weighted by molar-refractivity contribution is 0.545. The fourth-order valence-electron chi connectivity index (χ4n) is 1.79. The summed E-state index contributed by atoms with van der Waals surface area (Å²) in [6, 6.07) is 10.2. The molecule has 0 saturated carbocycles. The average Bonchev–Trinajstić information content (AvgIpc) is 2.35. The molecule has 0 aliphatic heterocycles. The van der Waals surface area contributed by atoms with Gasteiger partial charge in [0.05, 0.1) is 6.04 Å². The van der Waals surface area contributed by atoms with Crippen molar-refractivity contribution in [1.82, 2.24) is 5.43 Å². The first-order valence-corrected chi connectivity index (χ1v) is 6.36. The van der Waals surface area contributed by atoms with Crippen LogP contribution in [0.2, 0.25) is 0 Å². The van der Waals surface area contributed by atoms with Crippen LogP contribution >= 0.6 is 22.6 Å². The van der Waals surface area contributed by atoms with E-state index in [4.69, 9.17) is 5.84 Å². The SMILES string of the molecule is NNC(c1cccc(I)c1)c1cc(F)ccc1F. The number of benzene rings is 2. The Morgan fingerprint density at radius 1 is 1.11 bits per heavy atom. The molecular formula is C13H11F2IN2. The topological polar surface area (TPSA) is 38.0 Å². The molecule has 5 heteroatoms. The predicted octanol–water partition coefficient (Wildman–Crippen LogP) is 3.12. The van der Waals surface area contributed by atoms with Crippen LogP contribution in [0.4, 0.5) is 8.78 Å². The third kappa shape index (κ3) is 2.85. The molecule has 0 radical (unpaired) electrons. The van der Waals surface area contributed by atoms with Gasteiger partial charge in [0, 0.05) is 9.13 Å². The maximum Gasteiger partial charge on any atom is 0.128 e. The Bertz CT molecular complexity index is 560. The van der Waals surface area contributed by atoms with Crippen LogP contribution < -0.4 is 11.3 Å². The smallest absolute Gasteiger partial charge is 0.128 e. The maximum atomic E-state index is 13.7. The first-order valence-electron chi connectivity index (χ1n) is 5.28. The van der Waals surface area contributed by atoms with E-state index in [2.05, 4.69) is 28.0 Å². The van der Waals surface area contributed by atoms with Crippen molar-refractivity contribution < 1.29 is 8.78 Å². The number of nitrogens with one attached hydrogen (secondary N) is 1. The van der Waals surface area contributed by atoms with E-state index in [0.717, 1.165) is 27.3 Å². The first kappa shape index (κ1) is 13.4. The van der Waals surface area contributed by atoms with Crippen LogP contribution in [0.5, 0.6) is 0 Å². The number of nitrogens with two attached hydrogens (primary N) is 1. The fraction of sp³-hybridized carbons (Fsp3) is 0.0769. The molecule has 0 spiro atoms. The largest absolute Gasteiger partial charge is 0.271 e. The Kier molecular flexibility index (Phi) is 4.26. The van der Waals surface area contributed by atoms with Crippen molar-refractivity contribution in [1.29, 1.82) is 0 Å². The zero-order valence-electron chi connectivity index (χ0n) is 9.33. The Morgan fingerprint density at radius 3 is 2.56 bits per heavy atom. The molecule has 0 aliphatic rings. The molecule has 3 N–H and O–H groups in total. The van der Waals surface area contributed by atoms with Crippen LogP contribution in [0.15, 0.2) is 42.5 Å². The Labute approximate surface area is 117 Å². The number of hydrazine groups is 1. The molecule has 0 heterocycles. The summed E-state index contributed by atoms with van der Waals surface area (Å²) in [5.41, 5.74) is 3.50. The van der Waals surface area contributed by atoms with Gasteiger partial charge in [-0.3, -0.25) is 5.84 Å². The summed E-state index contributed by atoms with van der Waals surface area (Å²) < 4.78 is 27.9. The van der Waals surface area contributed by atoms with E-state index in [9.17, 15) is 8.78 Å². The quantitative estimate of drug-likeness (QED) is 0.502. The van der Waals surface area contributed by atoms with Gasteiger partial charge in [0.15, 0.2) is 0 Å². The van der Waals surface area contributed by atoms with Crippen molar-refractivity contribution in [3.05, 3.63) is 68.8 Å². The zero-order valence-corrected chi connectivity index (χ0v) is 11.5. The van der Waals surface area contributed by atoms with Gasteiger partial charge in [-0.05, 0) is 58.5 Å². The maximum absolute atomic E-state index is 13.7. The number of hydrogen-bond donors (Lipinski definition) is 2. The minimum absolute atomic E-state index is 0.194. The van der Waals surface area contributed by atoms with Gasteiger partial charge in [-0.15, -0.1) is 0 Å². The van der Waals surface area contributed by atoms with Crippen molar-refractivity contribution in [3.63, 3.8) is 0 Å². The Morgan fingerprint density at radius 2 is 1.89 bits per heavy atom. The summed E-state index contributed by atoms with van der Waals surface area (Å²) >= 11 is 2.15. The molecule has 0 fully saturated rings. The highest BCUT2D eigenvalue weighted by atomic mass is 127. The van der Waals surface area contributed by atoms with Crippen molar-refractivity contribution in [3.8, 4) is 0 Å². The highest BCUT2D eigenvalue weighted by Gasteiger charge is 2.17. The summed E-state index contributed by atoms with van der Waals surface area (Å²) in [7, 11) is 0. The molecule has 0 amide bonds. The number of hydrogen-bond acceptors (Lipinski definition) is 2. The van der Waals surface area contributed by atoms with Gasteiger partial charge in [0.25, 0.3) is 0 Å². The summed E-state index contributed by atoms with van der Waals surface area (Å²) in [4.78, 5) is 0. The Hall–Kier alpha value is -1.05. The van der Waals surface area contributed by atoms with E-state index in [0.29, 0.717) is 0 Å². The average molecular weight is 360 g/mol. The van der Waals surface area contributed by atoms with Crippen molar-refractivity contribution >= 4 is 22.6 Å². The highest BCUT2D eigenvalue weighted by molar-refractivity contribution is 14.1. The van der Waals surface area contributed by atoms with Crippen molar-refractivity contribution in [2.45, 2.75) is 6.04 Å². The first-order chi connectivity index (χ1) is 8.61. The second-order valence-corrected chi connectivity index (χ2v) is 5.07. The Balaban J connectivity index is 2.48. The van der Waals surface area contributed by atoms with Crippen LogP contribution in [0.3, 0.4) is 0 Å². The summed E-state index contributed by atoms with van der Waals surface area (Å²) in [5.74, 6) is 4.49. The molecule has 1 atom stereocenters. The van der Waals surface area contributed by atoms with E-state index in [1.54, 1.807) is 0 Å². The predicted molar refractivity (Wildman–Crippen MR) is 74.7 cm³/mol. The molecular weight excluding hydrogens is 349 g/mol. The molecule has 1 unspecified atom stereocenters. The molecule has 94 valence electrons. The van der Waals surface area contributed by atoms with Crippen LogP contribution in [-0.4, -0.2) is 0 Å². The van der Waals surface area contributed by atoms with Gasteiger partial charge in [0.2, 0.25) is 0 Å². The van der Waals surface area contributed by atoms with E-state index < -0.39 is 17.7 Å². The number of halogens is 3. The monoisotopic (exact) mass is 360 g/mol. The van der Waals surface area contributed by atoms with Crippen LogP contribution in [0.1, 0.15) is 17.2 Å². The minimum atomic E-state index is -0.574. The third-order valence-corrected chi connectivity index (χ3v) is 3.29. The number of rotatable bonds is 3. The highest BCUT2D eigenvalue weighted by Crippen LogP contribution is 2.25. The molecule has 0 aliphatic carbocycles. The molecule has 0 aromatic heterocycles. The summed E-state index contributed by atoms with van der Waals surface area (Å²) in [5, 5.41) is 0. The van der Waals surface area contributed by atoms with Crippen LogP contribution in [0.25, 0.3) is 0 Å². The zero-order chi connectivity index (χ0) is 13.1. The van der Waals surface area contributed by atoms with Gasteiger partial charge < -0.3 is 0 Å². The van der Waals surface area contributed by atoms with Crippen molar-refractivity contribution in [2.24, 2.45) is 5.84 Å². The second-order valence-electron chi connectivity index (χ2n) is 3.82. The van der Waals surface area contributed by atoms with E-state index >= 15 is 0 Å². The molecule has 2 nitrogen and oxygen atoms in total. The normalized spacial score (nSPS) is 12.4. The van der Waals surface area contributed by atoms with Gasteiger partial charge >= 0.3 is 0 Å². The summed E-state index contributed by atoms with van der Waals surface area (Å²) in [6.45, 7) is 0. The molecule has 0 saturated heterocycles. The van der Waals surface area contributed by atoms with E-state index in [1.807, 2.05) is 24.3 Å². The lowest BCUT2D eigenvalue weighted by Crippen LogP contribution is -2.29. The molecule has 2 aromatic rings. The van der Waals surface area contributed by atoms with Gasteiger partial charge in [-0.25, -0.2) is 14.2 Å². The van der Waals surface area contributed by atoms with Gasteiger partial charge in [-0.2, -0.15) is 0 Å². The molecule has 2 aromatic carbocycles. The summed E-state index contributed by atoms with van der Waals surface area (Å²) in [6.07, 6.45) is 0. The lowest BCUT2D eigenvalue weighted by Gasteiger charge is -2.18. The third-order valence-electron chi connectivity index (χ3n) is 2.62. The van der Waals surface area contributed by atoms with Gasteiger partial charge in [0.1, 0.15) is 11.6 Å². The van der Waals surface area contributed by atoms with E-state index in [1.165, 1.54) is 0 Å². The molecule has 0 bridgehead atoms. The van der Waals surface area contributed by atoms with Crippen molar-refractivity contribution in [2.75, 3.05) is 0 Å². The fourth-order valence-corrected chi connectivity index (χ4v) is 2.35. The second kappa shape index (κ2) is 5.73. The molecule has 18 heavy (non-hydrogen) atoms. The molecule has 2 rings (SSSR count). The van der Waals surface area contributed by atoms with Gasteiger partial charge in [-0.1, -0.05) is 12.1 Å². The van der Waals surface area contributed by atoms with E-state index in [-0.39, 0.29) is 5.56 Å². The lowest BCUT2D eigenvalue weighted by atomic mass is 9.99. The van der Waals surface area contributed by atoms with Crippen LogP contribution in [-0.2, 0) is 0 Å². The standard InChI is InChI=1S/C13H11F2IN2/c14-9-4-5-12(15)11(7-9)13(18-17)8-2-1-3-10(16)6-8/h1-7,13,18H,17H2.